The molecule has 2 rings (SSSR count). The normalized spacial score (nSPS) is 10.4. The molecule has 0 aliphatic carbocycles. The molecule has 0 bridgehead atoms. The summed E-state index contributed by atoms with van der Waals surface area (Å²) in [6, 6.07) is 7.66. The number of carbonyl (C=O) groups excluding carboxylic acids is 1. The van der Waals surface area contributed by atoms with Gasteiger partial charge in [0.05, 0.1) is 0 Å². The maximum atomic E-state index is 12.6. The van der Waals surface area contributed by atoms with Crippen LogP contribution < -0.4 is 4.90 Å². The monoisotopic (exact) mass is 332 g/mol. The molecular weight excluding hydrogens is 316 g/mol. The molecule has 0 radical (unpaired) electrons. The standard InChI is InChI=1S/C16H17BrN2O/c1-10-7-12(3)14(8-11(10)2)16(20)19(4)15-9-13(17)5-6-18-15/h5-9H,1-4H3. The number of carbonyl (C=O) groups is 1. The molecular formula is C16H17BrN2O. The third-order valence-electron chi connectivity index (χ3n) is 3.43. The van der Waals surface area contributed by atoms with Gasteiger partial charge in [-0.15, -0.1) is 0 Å². The van der Waals surface area contributed by atoms with E-state index in [1.165, 1.54) is 5.56 Å². The zero-order chi connectivity index (χ0) is 14.9. The quantitative estimate of drug-likeness (QED) is 0.831. The Hall–Kier alpha value is -1.68. The predicted molar refractivity (Wildman–Crippen MR) is 85.3 cm³/mol. The number of amides is 1. The van der Waals surface area contributed by atoms with Crippen molar-refractivity contribution in [1.29, 1.82) is 0 Å². The minimum Gasteiger partial charge on any atom is -0.296 e. The van der Waals surface area contributed by atoms with E-state index in [-0.39, 0.29) is 5.91 Å². The van der Waals surface area contributed by atoms with Crippen LogP contribution in [0, 0.1) is 20.8 Å². The summed E-state index contributed by atoms with van der Waals surface area (Å²) in [6.07, 6.45) is 1.68. The van der Waals surface area contributed by atoms with Crippen LogP contribution >= 0.6 is 15.9 Å². The minimum absolute atomic E-state index is 0.0452. The highest BCUT2D eigenvalue weighted by Gasteiger charge is 2.17. The average Bonchev–Trinajstić information content (AvgIpc) is 2.41. The first-order chi connectivity index (χ1) is 9.40. The third-order valence-corrected chi connectivity index (χ3v) is 3.92. The lowest BCUT2D eigenvalue weighted by Crippen LogP contribution is -2.27. The van der Waals surface area contributed by atoms with E-state index in [0.29, 0.717) is 5.82 Å². The lowest BCUT2D eigenvalue weighted by molar-refractivity contribution is 0.0991. The zero-order valence-corrected chi connectivity index (χ0v) is 13.7. The highest BCUT2D eigenvalue weighted by molar-refractivity contribution is 9.10. The molecule has 2 aromatic rings. The fourth-order valence-corrected chi connectivity index (χ4v) is 2.38. The van der Waals surface area contributed by atoms with Crippen molar-refractivity contribution in [3.8, 4) is 0 Å². The molecule has 20 heavy (non-hydrogen) atoms. The second-order valence-corrected chi connectivity index (χ2v) is 5.86. The van der Waals surface area contributed by atoms with Gasteiger partial charge in [-0.25, -0.2) is 4.98 Å². The summed E-state index contributed by atoms with van der Waals surface area (Å²) in [5, 5.41) is 0. The summed E-state index contributed by atoms with van der Waals surface area (Å²) in [4.78, 5) is 18.4. The van der Waals surface area contributed by atoms with Crippen LogP contribution in [0.2, 0.25) is 0 Å². The van der Waals surface area contributed by atoms with E-state index in [1.807, 2.05) is 38.1 Å². The molecule has 0 unspecified atom stereocenters. The van der Waals surface area contributed by atoms with Gasteiger partial charge in [0.25, 0.3) is 5.91 Å². The Labute approximate surface area is 127 Å². The van der Waals surface area contributed by atoms with Crippen molar-refractivity contribution in [3.05, 3.63) is 57.2 Å². The van der Waals surface area contributed by atoms with Crippen LogP contribution in [0.1, 0.15) is 27.0 Å². The summed E-state index contributed by atoms with van der Waals surface area (Å²) in [5.41, 5.74) is 4.02. The minimum atomic E-state index is -0.0452. The third kappa shape index (κ3) is 2.90. The van der Waals surface area contributed by atoms with Gasteiger partial charge in [-0.1, -0.05) is 22.0 Å². The number of aromatic nitrogens is 1. The van der Waals surface area contributed by atoms with Crippen LogP contribution in [0.5, 0.6) is 0 Å². The number of benzene rings is 1. The summed E-state index contributed by atoms with van der Waals surface area (Å²) >= 11 is 3.39. The summed E-state index contributed by atoms with van der Waals surface area (Å²) < 4.78 is 0.902. The number of rotatable bonds is 2. The van der Waals surface area contributed by atoms with E-state index in [2.05, 4.69) is 27.8 Å². The number of pyridine rings is 1. The molecule has 1 aromatic heterocycles. The van der Waals surface area contributed by atoms with E-state index in [9.17, 15) is 4.79 Å². The summed E-state index contributed by atoms with van der Waals surface area (Å²) in [5.74, 6) is 0.582. The van der Waals surface area contributed by atoms with E-state index >= 15 is 0 Å². The number of hydrogen-bond acceptors (Lipinski definition) is 2. The predicted octanol–water partition coefficient (Wildman–Crippen LogP) is 4.05. The Morgan fingerprint density at radius 1 is 1.10 bits per heavy atom. The van der Waals surface area contributed by atoms with Gasteiger partial charge in [-0.05, 0) is 55.7 Å². The molecule has 3 nitrogen and oxygen atoms in total. The van der Waals surface area contributed by atoms with Gasteiger partial charge in [-0.3, -0.25) is 9.69 Å². The largest absolute Gasteiger partial charge is 0.296 e. The van der Waals surface area contributed by atoms with Gasteiger partial charge in [0, 0.05) is 23.3 Å². The molecule has 4 heteroatoms. The molecule has 1 amide bonds. The lowest BCUT2D eigenvalue weighted by Gasteiger charge is -2.18. The van der Waals surface area contributed by atoms with Crippen molar-refractivity contribution in [2.45, 2.75) is 20.8 Å². The van der Waals surface area contributed by atoms with Crippen molar-refractivity contribution >= 4 is 27.7 Å². The fourth-order valence-electron chi connectivity index (χ4n) is 2.05. The van der Waals surface area contributed by atoms with Crippen LogP contribution in [0.25, 0.3) is 0 Å². The molecule has 0 N–H and O–H groups in total. The number of hydrogen-bond donors (Lipinski definition) is 0. The molecule has 0 fully saturated rings. The van der Waals surface area contributed by atoms with E-state index in [4.69, 9.17) is 0 Å². The van der Waals surface area contributed by atoms with Crippen LogP contribution in [-0.2, 0) is 0 Å². The van der Waals surface area contributed by atoms with Crippen LogP contribution in [0.4, 0.5) is 5.82 Å². The second kappa shape index (κ2) is 5.75. The highest BCUT2D eigenvalue weighted by Crippen LogP contribution is 2.21. The topological polar surface area (TPSA) is 33.2 Å². The van der Waals surface area contributed by atoms with Gasteiger partial charge in [0.2, 0.25) is 0 Å². The first-order valence-electron chi connectivity index (χ1n) is 6.37. The van der Waals surface area contributed by atoms with Crippen molar-refractivity contribution < 1.29 is 4.79 Å². The van der Waals surface area contributed by atoms with E-state index in [0.717, 1.165) is 21.2 Å². The smallest absolute Gasteiger partial charge is 0.259 e. The van der Waals surface area contributed by atoms with E-state index < -0.39 is 0 Å². The fraction of sp³-hybridized carbons (Fsp3) is 0.250. The Balaban J connectivity index is 2.39. The summed E-state index contributed by atoms with van der Waals surface area (Å²) in [6.45, 7) is 6.03. The van der Waals surface area contributed by atoms with Gasteiger partial charge in [0.1, 0.15) is 5.82 Å². The Kier molecular flexibility index (Phi) is 4.23. The molecule has 0 saturated heterocycles. The van der Waals surface area contributed by atoms with Crippen LogP contribution in [-0.4, -0.2) is 17.9 Å². The van der Waals surface area contributed by atoms with Crippen molar-refractivity contribution in [2.24, 2.45) is 0 Å². The molecule has 1 heterocycles. The van der Waals surface area contributed by atoms with E-state index in [1.54, 1.807) is 18.1 Å². The Bertz CT molecular complexity index is 668. The van der Waals surface area contributed by atoms with Gasteiger partial charge >= 0.3 is 0 Å². The Morgan fingerprint density at radius 3 is 2.40 bits per heavy atom. The number of halogens is 1. The molecule has 1 aromatic carbocycles. The lowest BCUT2D eigenvalue weighted by atomic mass is 10.00. The van der Waals surface area contributed by atoms with Crippen molar-refractivity contribution in [2.75, 3.05) is 11.9 Å². The maximum absolute atomic E-state index is 12.6. The first-order valence-corrected chi connectivity index (χ1v) is 7.17. The van der Waals surface area contributed by atoms with Crippen molar-refractivity contribution in [3.63, 3.8) is 0 Å². The molecule has 0 aliphatic heterocycles. The molecule has 0 spiro atoms. The van der Waals surface area contributed by atoms with Gasteiger partial charge in [-0.2, -0.15) is 0 Å². The molecule has 0 saturated carbocycles. The second-order valence-electron chi connectivity index (χ2n) is 4.95. The average molecular weight is 333 g/mol. The van der Waals surface area contributed by atoms with Crippen LogP contribution in [0.15, 0.2) is 34.9 Å². The van der Waals surface area contributed by atoms with Gasteiger partial charge in [0.15, 0.2) is 0 Å². The summed E-state index contributed by atoms with van der Waals surface area (Å²) in [7, 11) is 1.74. The molecule has 104 valence electrons. The highest BCUT2D eigenvalue weighted by atomic mass is 79.9. The SMILES string of the molecule is Cc1cc(C)c(C(=O)N(C)c2cc(Br)ccn2)cc1C. The Morgan fingerprint density at radius 2 is 1.75 bits per heavy atom. The van der Waals surface area contributed by atoms with Crippen molar-refractivity contribution in [1.82, 2.24) is 4.98 Å². The number of aryl methyl sites for hydroxylation is 3. The molecule has 0 atom stereocenters. The van der Waals surface area contributed by atoms with Crippen LogP contribution in [0.3, 0.4) is 0 Å². The van der Waals surface area contributed by atoms with Gasteiger partial charge < -0.3 is 0 Å². The maximum Gasteiger partial charge on any atom is 0.259 e. The number of nitrogens with zero attached hydrogens (tertiary/aromatic N) is 2. The zero-order valence-electron chi connectivity index (χ0n) is 12.1. The number of anilines is 1. The molecule has 0 aliphatic rings. The first kappa shape index (κ1) is 14.7.